The summed E-state index contributed by atoms with van der Waals surface area (Å²) in [6.45, 7) is 1.80. The smallest absolute Gasteiger partial charge is 0.161 e. The highest BCUT2D eigenvalue weighted by atomic mass is 16.6. The molecule has 0 amide bonds. The zero-order valence-electron chi connectivity index (χ0n) is 10.5. The number of benzene rings is 1. The predicted octanol–water partition coefficient (Wildman–Crippen LogP) is 1.42. The van der Waals surface area contributed by atoms with E-state index >= 15 is 0 Å². The van der Waals surface area contributed by atoms with Gasteiger partial charge in [0.05, 0.1) is 12.7 Å². The Labute approximate surface area is 111 Å². The van der Waals surface area contributed by atoms with Crippen LogP contribution in [0.5, 0.6) is 11.5 Å². The SMILES string of the molecule is N#CC1(C(O)c2ccc3c(c2)OCCO3)CCOC1. The molecule has 5 heteroatoms. The molecule has 1 N–H and O–H groups in total. The summed E-state index contributed by atoms with van der Waals surface area (Å²) in [6, 6.07) is 7.50. The van der Waals surface area contributed by atoms with E-state index < -0.39 is 11.5 Å². The molecule has 0 saturated carbocycles. The Balaban J connectivity index is 1.91. The van der Waals surface area contributed by atoms with Crippen molar-refractivity contribution in [3.8, 4) is 17.6 Å². The first-order chi connectivity index (χ1) is 9.25. The maximum atomic E-state index is 10.5. The van der Waals surface area contributed by atoms with Crippen LogP contribution in [0.1, 0.15) is 18.1 Å². The zero-order valence-corrected chi connectivity index (χ0v) is 10.5. The van der Waals surface area contributed by atoms with Gasteiger partial charge in [-0.3, -0.25) is 0 Å². The lowest BCUT2D eigenvalue weighted by Crippen LogP contribution is -2.28. The number of rotatable bonds is 2. The van der Waals surface area contributed by atoms with E-state index in [9.17, 15) is 10.4 Å². The fourth-order valence-corrected chi connectivity index (χ4v) is 2.49. The van der Waals surface area contributed by atoms with Crippen molar-refractivity contribution < 1.29 is 19.3 Å². The first-order valence-corrected chi connectivity index (χ1v) is 6.32. The number of aliphatic hydroxyl groups is 1. The molecule has 1 aromatic rings. The molecule has 19 heavy (non-hydrogen) atoms. The molecule has 2 heterocycles. The van der Waals surface area contributed by atoms with E-state index in [1.807, 2.05) is 0 Å². The van der Waals surface area contributed by atoms with Gasteiger partial charge in [0.2, 0.25) is 0 Å². The van der Waals surface area contributed by atoms with E-state index in [0.29, 0.717) is 43.3 Å². The summed E-state index contributed by atoms with van der Waals surface area (Å²) in [5, 5.41) is 19.8. The minimum atomic E-state index is -0.879. The van der Waals surface area contributed by atoms with E-state index in [1.165, 1.54) is 0 Å². The number of hydrogen-bond acceptors (Lipinski definition) is 5. The Morgan fingerprint density at radius 2 is 2.00 bits per heavy atom. The lowest BCUT2D eigenvalue weighted by Gasteiger charge is -2.27. The largest absolute Gasteiger partial charge is 0.486 e. The number of ether oxygens (including phenoxy) is 3. The third-order valence-electron chi connectivity index (χ3n) is 3.68. The molecule has 1 aromatic carbocycles. The first kappa shape index (κ1) is 12.3. The van der Waals surface area contributed by atoms with Crippen LogP contribution in [-0.2, 0) is 4.74 Å². The molecule has 0 aromatic heterocycles. The number of hydrogen-bond donors (Lipinski definition) is 1. The van der Waals surface area contributed by atoms with E-state index in [0.717, 1.165) is 0 Å². The molecular formula is C14H15NO4. The van der Waals surface area contributed by atoms with Crippen LogP contribution in [0.3, 0.4) is 0 Å². The second-order valence-electron chi connectivity index (χ2n) is 4.88. The summed E-state index contributed by atoms with van der Waals surface area (Å²) in [6.07, 6.45) is -0.338. The van der Waals surface area contributed by atoms with Gasteiger partial charge in [0.15, 0.2) is 11.5 Å². The van der Waals surface area contributed by atoms with Crippen molar-refractivity contribution in [1.82, 2.24) is 0 Å². The van der Waals surface area contributed by atoms with Gasteiger partial charge in [-0.15, -0.1) is 0 Å². The Bertz CT molecular complexity index is 517. The second-order valence-corrected chi connectivity index (χ2v) is 4.88. The van der Waals surface area contributed by atoms with E-state index in [1.54, 1.807) is 18.2 Å². The van der Waals surface area contributed by atoms with Crippen LogP contribution in [0.15, 0.2) is 18.2 Å². The molecule has 100 valence electrons. The van der Waals surface area contributed by atoms with Crippen LogP contribution in [0, 0.1) is 16.7 Å². The number of nitriles is 1. The Morgan fingerprint density at radius 3 is 2.68 bits per heavy atom. The first-order valence-electron chi connectivity index (χ1n) is 6.32. The summed E-state index contributed by atoms with van der Waals surface area (Å²) in [5.41, 5.74) is -0.194. The maximum Gasteiger partial charge on any atom is 0.161 e. The molecule has 1 saturated heterocycles. The zero-order chi connectivity index (χ0) is 13.3. The summed E-state index contributed by atoms with van der Waals surface area (Å²) < 4.78 is 16.2. The molecular weight excluding hydrogens is 246 g/mol. The normalized spacial score (nSPS) is 26.7. The molecule has 0 aliphatic carbocycles. The van der Waals surface area contributed by atoms with Gasteiger partial charge in [-0.05, 0) is 24.1 Å². The lowest BCUT2D eigenvalue weighted by atomic mass is 9.79. The minimum absolute atomic E-state index is 0.263. The fraction of sp³-hybridized carbons (Fsp3) is 0.500. The van der Waals surface area contributed by atoms with Crippen molar-refractivity contribution in [3.05, 3.63) is 23.8 Å². The molecule has 2 aliphatic rings. The van der Waals surface area contributed by atoms with Gasteiger partial charge in [0.25, 0.3) is 0 Å². The molecule has 3 rings (SSSR count). The Kier molecular flexibility index (Phi) is 3.05. The van der Waals surface area contributed by atoms with Gasteiger partial charge < -0.3 is 19.3 Å². The van der Waals surface area contributed by atoms with Crippen molar-refractivity contribution >= 4 is 0 Å². The maximum absolute atomic E-state index is 10.5. The second kappa shape index (κ2) is 4.72. The highest BCUT2D eigenvalue weighted by Gasteiger charge is 2.43. The quantitative estimate of drug-likeness (QED) is 0.871. The molecule has 0 bridgehead atoms. The molecule has 2 aliphatic heterocycles. The Morgan fingerprint density at radius 1 is 1.21 bits per heavy atom. The summed E-state index contributed by atoms with van der Waals surface area (Å²) in [4.78, 5) is 0. The third kappa shape index (κ3) is 2.03. The average Bonchev–Trinajstić information content (AvgIpc) is 2.96. The van der Waals surface area contributed by atoms with Crippen molar-refractivity contribution in [3.63, 3.8) is 0 Å². The summed E-state index contributed by atoms with van der Waals surface area (Å²) >= 11 is 0. The molecule has 0 spiro atoms. The van der Waals surface area contributed by atoms with Gasteiger partial charge in [0.1, 0.15) is 24.7 Å². The fourth-order valence-electron chi connectivity index (χ4n) is 2.49. The van der Waals surface area contributed by atoms with E-state index in [-0.39, 0.29) is 6.61 Å². The van der Waals surface area contributed by atoms with Gasteiger partial charge in [0, 0.05) is 6.61 Å². The van der Waals surface area contributed by atoms with Crippen molar-refractivity contribution in [2.24, 2.45) is 5.41 Å². The van der Waals surface area contributed by atoms with Crippen LogP contribution in [0.2, 0.25) is 0 Å². The van der Waals surface area contributed by atoms with Crippen LogP contribution in [-0.4, -0.2) is 31.5 Å². The molecule has 1 fully saturated rings. The Hall–Kier alpha value is -1.77. The predicted molar refractivity (Wildman–Crippen MR) is 65.9 cm³/mol. The van der Waals surface area contributed by atoms with Crippen molar-refractivity contribution in [2.75, 3.05) is 26.4 Å². The van der Waals surface area contributed by atoms with Gasteiger partial charge in [-0.2, -0.15) is 5.26 Å². The molecule has 5 nitrogen and oxygen atoms in total. The van der Waals surface area contributed by atoms with Crippen molar-refractivity contribution in [2.45, 2.75) is 12.5 Å². The number of aliphatic hydroxyl groups excluding tert-OH is 1. The highest BCUT2D eigenvalue weighted by Crippen LogP contribution is 2.42. The van der Waals surface area contributed by atoms with Gasteiger partial charge in [-0.25, -0.2) is 0 Å². The average molecular weight is 261 g/mol. The van der Waals surface area contributed by atoms with Gasteiger partial charge >= 0.3 is 0 Å². The van der Waals surface area contributed by atoms with Crippen LogP contribution in [0.4, 0.5) is 0 Å². The third-order valence-corrected chi connectivity index (χ3v) is 3.68. The number of fused-ring (bicyclic) bond motifs is 1. The monoisotopic (exact) mass is 261 g/mol. The van der Waals surface area contributed by atoms with Crippen LogP contribution in [0.25, 0.3) is 0 Å². The minimum Gasteiger partial charge on any atom is -0.486 e. The highest BCUT2D eigenvalue weighted by molar-refractivity contribution is 5.45. The molecule has 2 atom stereocenters. The van der Waals surface area contributed by atoms with Crippen LogP contribution < -0.4 is 9.47 Å². The lowest BCUT2D eigenvalue weighted by molar-refractivity contribution is 0.0499. The van der Waals surface area contributed by atoms with E-state index in [4.69, 9.17) is 14.2 Å². The van der Waals surface area contributed by atoms with Gasteiger partial charge in [-0.1, -0.05) is 6.07 Å². The van der Waals surface area contributed by atoms with Crippen LogP contribution >= 0.6 is 0 Å². The summed E-state index contributed by atoms with van der Waals surface area (Å²) in [7, 11) is 0. The van der Waals surface area contributed by atoms with E-state index in [2.05, 4.69) is 6.07 Å². The standard InChI is InChI=1S/C14H15NO4/c15-8-14(3-4-17-9-14)13(16)10-1-2-11-12(7-10)19-6-5-18-11/h1-2,7,13,16H,3-6,9H2. The van der Waals surface area contributed by atoms with Crippen molar-refractivity contribution in [1.29, 1.82) is 5.26 Å². The molecule has 0 radical (unpaired) electrons. The molecule has 2 unspecified atom stereocenters. The topological polar surface area (TPSA) is 71.7 Å². The summed E-state index contributed by atoms with van der Waals surface area (Å²) in [5.74, 6) is 1.30. The number of nitrogens with zero attached hydrogens (tertiary/aromatic N) is 1.